The van der Waals surface area contributed by atoms with Crippen LogP contribution in [0.15, 0.2) is 47.8 Å². The van der Waals surface area contributed by atoms with Crippen LogP contribution in [0.1, 0.15) is 69.7 Å². The Kier molecular flexibility index (Phi) is 5.37. The summed E-state index contributed by atoms with van der Waals surface area (Å²) < 4.78 is 0. The lowest BCUT2D eigenvalue weighted by Crippen LogP contribution is -2.10. The lowest BCUT2D eigenvalue weighted by Gasteiger charge is -2.02. The quantitative estimate of drug-likeness (QED) is 0.328. The molecule has 0 radical (unpaired) electrons. The third kappa shape index (κ3) is 3.56. The van der Waals surface area contributed by atoms with Gasteiger partial charge in [-0.25, -0.2) is 0 Å². The minimum Gasteiger partial charge on any atom is -0.293 e. The number of hydrogen-bond donors (Lipinski definition) is 0. The van der Waals surface area contributed by atoms with Crippen LogP contribution in [0.2, 0.25) is 0 Å². The van der Waals surface area contributed by atoms with E-state index in [-0.39, 0.29) is 11.6 Å². The Balaban J connectivity index is 1.51. The molecule has 4 heteroatoms. The van der Waals surface area contributed by atoms with Crippen LogP contribution in [0.25, 0.3) is 9.75 Å². The molecule has 1 aliphatic rings. The molecule has 2 heterocycles. The van der Waals surface area contributed by atoms with Gasteiger partial charge in [-0.05, 0) is 42.0 Å². The van der Waals surface area contributed by atoms with Crippen molar-refractivity contribution in [2.75, 3.05) is 0 Å². The number of rotatable bonds is 7. The number of unbranched alkanes of at least 4 members (excludes halogenated alkanes) is 3. The van der Waals surface area contributed by atoms with Crippen LogP contribution in [0.3, 0.4) is 0 Å². The highest BCUT2D eigenvalue weighted by molar-refractivity contribution is 7.21. The van der Waals surface area contributed by atoms with E-state index in [0.29, 0.717) is 11.1 Å². The third-order valence-corrected chi connectivity index (χ3v) is 7.43. The van der Waals surface area contributed by atoms with Crippen molar-refractivity contribution < 1.29 is 9.59 Å². The molecule has 2 nitrogen and oxygen atoms in total. The first kappa shape index (κ1) is 18.3. The highest BCUT2D eigenvalue weighted by Crippen LogP contribution is 2.41. The number of hydrogen-bond acceptors (Lipinski definition) is 4. The first-order valence-corrected chi connectivity index (χ1v) is 11.2. The highest BCUT2D eigenvalue weighted by atomic mass is 32.1. The molecule has 0 saturated heterocycles. The van der Waals surface area contributed by atoms with E-state index in [2.05, 4.69) is 24.4 Å². The van der Waals surface area contributed by atoms with Gasteiger partial charge in [0.2, 0.25) is 0 Å². The average Bonchev–Trinajstić information content (AvgIpc) is 3.39. The number of benzene rings is 1. The normalized spacial score (nSPS) is 14.1. The zero-order chi connectivity index (χ0) is 18.8. The van der Waals surface area contributed by atoms with Crippen LogP contribution in [0.4, 0.5) is 0 Å². The standard InChI is InChI=1S/C23H22O2S2/c1-2-3-4-5-8-15-13-20(26-14-15)18-11-12-19(27-18)21-22(24)16-9-6-7-10-17(16)23(21)25/h6-7,9-14,21H,2-5,8H2,1H3. The van der Waals surface area contributed by atoms with Crippen LogP contribution >= 0.6 is 22.7 Å². The second-order valence-corrected chi connectivity index (χ2v) is 9.07. The van der Waals surface area contributed by atoms with Crippen molar-refractivity contribution in [1.82, 2.24) is 0 Å². The minimum atomic E-state index is -0.658. The van der Waals surface area contributed by atoms with Crippen LogP contribution < -0.4 is 0 Å². The fraction of sp³-hybridized carbons (Fsp3) is 0.304. The van der Waals surface area contributed by atoms with Crippen LogP contribution in [0, 0.1) is 0 Å². The maximum absolute atomic E-state index is 12.7. The molecule has 0 spiro atoms. The number of thiophene rings is 2. The summed E-state index contributed by atoms with van der Waals surface area (Å²) in [6.45, 7) is 2.23. The fourth-order valence-electron chi connectivity index (χ4n) is 3.63. The van der Waals surface area contributed by atoms with E-state index in [4.69, 9.17) is 0 Å². The largest absolute Gasteiger partial charge is 0.293 e. The van der Waals surface area contributed by atoms with E-state index >= 15 is 0 Å². The van der Waals surface area contributed by atoms with Crippen LogP contribution in [-0.4, -0.2) is 11.6 Å². The predicted octanol–water partition coefficient (Wildman–Crippen LogP) is 6.76. The Hall–Kier alpha value is -2.04. The molecule has 0 fully saturated rings. The number of carbonyl (C=O) groups is 2. The van der Waals surface area contributed by atoms with E-state index in [1.165, 1.54) is 36.1 Å². The van der Waals surface area contributed by atoms with E-state index in [9.17, 15) is 9.59 Å². The summed E-state index contributed by atoms with van der Waals surface area (Å²) in [5.74, 6) is -0.784. The molecule has 0 bridgehead atoms. The van der Waals surface area contributed by atoms with Gasteiger partial charge in [0, 0.05) is 25.8 Å². The second kappa shape index (κ2) is 7.91. The monoisotopic (exact) mass is 394 g/mol. The lowest BCUT2D eigenvalue weighted by molar-refractivity contribution is 0.0892. The minimum absolute atomic E-state index is 0.0632. The van der Waals surface area contributed by atoms with Crippen molar-refractivity contribution in [3.63, 3.8) is 0 Å². The molecule has 0 N–H and O–H groups in total. The molecule has 2 aromatic heterocycles. The van der Waals surface area contributed by atoms with E-state index < -0.39 is 5.92 Å². The van der Waals surface area contributed by atoms with Crippen molar-refractivity contribution >= 4 is 34.2 Å². The van der Waals surface area contributed by atoms with Crippen molar-refractivity contribution in [3.05, 3.63) is 69.4 Å². The van der Waals surface area contributed by atoms with Gasteiger partial charge < -0.3 is 0 Å². The van der Waals surface area contributed by atoms with Gasteiger partial charge in [-0.15, -0.1) is 22.7 Å². The summed E-state index contributed by atoms with van der Waals surface area (Å²) >= 11 is 3.33. The number of ketones is 2. The third-order valence-electron chi connectivity index (χ3n) is 5.11. The van der Waals surface area contributed by atoms with Gasteiger partial charge in [-0.3, -0.25) is 9.59 Å². The molecular weight excluding hydrogens is 372 g/mol. The zero-order valence-electron chi connectivity index (χ0n) is 15.4. The first-order chi connectivity index (χ1) is 13.2. The molecule has 4 rings (SSSR count). The summed E-state index contributed by atoms with van der Waals surface area (Å²) in [6, 6.07) is 13.4. The number of Topliss-reactive ketones (excluding diaryl/α,β-unsaturated/α-hetero) is 2. The summed E-state index contributed by atoms with van der Waals surface area (Å²) in [4.78, 5) is 28.7. The lowest BCUT2D eigenvalue weighted by atomic mass is 10.0. The highest BCUT2D eigenvalue weighted by Gasteiger charge is 2.40. The van der Waals surface area contributed by atoms with Gasteiger partial charge in [0.05, 0.1) is 0 Å². The molecular formula is C23H22O2S2. The Bertz CT molecular complexity index is 945. The van der Waals surface area contributed by atoms with Gasteiger partial charge in [-0.2, -0.15) is 0 Å². The summed E-state index contributed by atoms with van der Waals surface area (Å²) in [5, 5.41) is 2.24. The number of fused-ring (bicyclic) bond motifs is 1. The molecule has 27 heavy (non-hydrogen) atoms. The van der Waals surface area contributed by atoms with Gasteiger partial charge >= 0.3 is 0 Å². The molecule has 0 aliphatic heterocycles. The second-order valence-electron chi connectivity index (χ2n) is 7.04. The zero-order valence-corrected chi connectivity index (χ0v) is 17.0. The molecule has 3 aromatic rings. The maximum atomic E-state index is 12.7. The summed E-state index contributed by atoms with van der Waals surface area (Å²) in [5.41, 5.74) is 2.52. The maximum Gasteiger partial charge on any atom is 0.179 e. The molecule has 0 unspecified atom stereocenters. The topological polar surface area (TPSA) is 34.1 Å². The molecule has 1 aromatic carbocycles. The summed E-state index contributed by atoms with van der Waals surface area (Å²) in [6.07, 6.45) is 6.22. The molecule has 0 saturated carbocycles. The Morgan fingerprint density at radius 1 is 0.889 bits per heavy atom. The smallest absolute Gasteiger partial charge is 0.179 e. The van der Waals surface area contributed by atoms with Gasteiger partial charge in [0.25, 0.3) is 0 Å². The van der Waals surface area contributed by atoms with Crippen molar-refractivity contribution in [1.29, 1.82) is 0 Å². The summed E-state index contributed by atoms with van der Waals surface area (Å²) in [7, 11) is 0. The molecule has 138 valence electrons. The first-order valence-electron chi connectivity index (χ1n) is 9.54. The van der Waals surface area contributed by atoms with Gasteiger partial charge in [0.1, 0.15) is 5.92 Å². The predicted molar refractivity (Wildman–Crippen MR) is 113 cm³/mol. The Morgan fingerprint density at radius 2 is 1.63 bits per heavy atom. The van der Waals surface area contributed by atoms with Gasteiger partial charge in [0.15, 0.2) is 11.6 Å². The Labute approximate surface area is 167 Å². The van der Waals surface area contributed by atoms with Crippen LogP contribution in [-0.2, 0) is 6.42 Å². The Morgan fingerprint density at radius 3 is 2.33 bits per heavy atom. The fourth-order valence-corrected chi connectivity index (χ4v) is 5.79. The number of aryl methyl sites for hydroxylation is 1. The average molecular weight is 395 g/mol. The van der Waals surface area contributed by atoms with E-state index in [1.54, 1.807) is 34.8 Å². The van der Waals surface area contributed by atoms with Crippen molar-refractivity contribution in [2.45, 2.75) is 44.9 Å². The van der Waals surface area contributed by atoms with Crippen molar-refractivity contribution in [2.24, 2.45) is 0 Å². The van der Waals surface area contributed by atoms with Crippen LogP contribution in [0.5, 0.6) is 0 Å². The van der Waals surface area contributed by atoms with Crippen molar-refractivity contribution in [3.8, 4) is 9.75 Å². The SMILES string of the molecule is CCCCCCc1csc(-c2ccc(C3C(=O)c4ccccc4C3=O)s2)c1. The molecule has 1 aliphatic carbocycles. The number of carbonyl (C=O) groups excluding carboxylic acids is 2. The van der Waals surface area contributed by atoms with E-state index in [0.717, 1.165) is 16.2 Å². The van der Waals surface area contributed by atoms with Gasteiger partial charge in [-0.1, -0.05) is 50.5 Å². The molecule has 0 amide bonds. The van der Waals surface area contributed by atoms with E-state index in [1.807, 2.05) is 18.2 Å². The molecule has 0 atom stereocenters.